The third-order valence-corrected chi connectivity index (χ3v) is 2.07. The van der Waals surface area contributed by atoms with Gasteiger partial charge in [0.15, 0.2) is 0 Å². The lowest BCUT2D eigenvalue weighted by atomic mass is 10.1. The van der Waals surface area contributed by atoms with E-state index in [1.165, 1.54) is 0 Å². The molecule has 0 spiro atoms. The number of carbonyl (C=O) groups excluding carboxylic acids is 1. The van der Waals surface area contributed by atoms with Crippen LogP contribution in [0.1, 0.15) is 22.8 Å². The van der Waals surface area contributed by atoms with Crippen molar-refractivity contribution in [3.8, 4) is 6.07 Å². The van der Waals surface area contributed by atoms with Crippen LogP contribution in [0.2, 0.25) is 0 Å². The third-order valence-electron chi connectivity index (χ3n) is 2.07. The lowest BCUT2D eigenvalue weighted by Crippen LogP contribution is -2.35. The molecule has 84 valence electrons. The van der Waals surface area contributed by atoms with Gasteiger partial charge in [-0.1, -0.05) is 0 Å². The summed E-state index contributed by atoms with van der Waals surface area (Å²) >= 11 is 0. The molecule has 0 aliphatic rings. The Bertz CT molecular complexity index is 392. The van der Waals surface area contributed by atoms with Gasteiger partial charge in [-0.25, -0.2) is 0 Å². The predicted molar refractivity (Wildman–Crippen MR) is 60.0 cm³/mol. The molecule has 1 aromatic rings. The number of nitriles is 1. The lowest BCUT2D eigenvalue weighted by molar-refractivity contribution is 0.0905. The fraction of sp³-hybridized carbons (Fsp3) is 0.333. The largest absolute Gasteiger partial charge is 0.383 e. The molecule has 1 aromatic carbocycles. The van der Waals surface area contributed by atoms with Crippen molar-refractivity contribution in [3.63, 3.8) is 0 Å². The Hall–Kier alpha value is -1.86. The first-order valence-electron chi connectivity index (χ1n) is 4.97. The molecule has 0 aliphatic carbocycles. The van der Waals surface area contributed by atoms with Gasteiger partial charge in [0.2, 0.25) is 0 Å². The topological polar surface area (TPSA) is 62.1 Å². The van der Waals surface area contributed by atoms with Crippen LogP contribution < -0.4 is 5.32 Å². The molecule has 0 fully saturated rings. The van der Waals surface area contributed by atoms with E-state index in [0.717, 1.165) is 0 Å². The molecule has 1 atom stereocenters. The molecule has 1 N–H and O–H groups in total. The highest BCUT2D eigenvalue weighted by Crippen LogP contribution is 2.03. The van der Waals surface area contributed by atoms with Crippen molar-refractivity contribution in [3.05, 3.63) is 35.4 Å². The second kappa shape index (κ2) is 5.89. The first kappa shape index (κ1) is 12.2. The summed E-state index contributed by atoms with van der Waals surface area (Å²) in [6.45, 7) is 2.34. The molecule has 0 aliphatic heterocycles. The van der Waals surface area contributed by atoms with Crippen molar-refractivity contribution < 1.29 is 9.53 Å². The van der Waals surface area contributed by atoms with Crippen LogP contribution in [0.3, 0.4) is 0 Å². The smallest absolute Gasteiger partial charge is 0.251 e. The van der Waals surface area contributed by atoms with E-state index in [1.54, 1.807) is 31.4 Å². The van der Waals surface area contributed by atoms with Crippen molar-refractivity contribution in [1.29, 1.82) is 5.26 Å². The van der Waals surface area contributed by atoms with Crippen LogP contribution in [-0.2, 0) is 4.74 Å². The van der Waals surface area contributed by atoms with E-state index < -0.39 is 0 Å². The van der Waals surface area contributed by atoms with Gasteiger partial charge in [0.05, 0.1) is 18.2 Å². The van der Waals surface area contributed by atoms with Gasteiger partial charge in [-0.05, 0) is 31.2 Å². The maximum atomic E-state index is 11.7. The van der Waals surface area contributed by atoms with Crippen LogP contribution in [0.4, 0.5) is 0 Å². The van der Waals surface area contributed by atoms with Gasteiger partial charge in [-0.15, -0.1) is 0 Å². The van der Waals surface area contributed by atoms with Gasteiger partial charge in [0.1, 0.15) is 0 Å². The summed E-state index contributed by atoms with van der Waals surface area (Å²) < 4.78 is 4.92. The molecule has 0 unspecified atom stereocenters. The molecule has 0 radical (unpaired) electrons. The van der Waals surface area contributed by atoms with Crippen LogP contribution in [0.25, 0.3) is 0 Å². The van der Waals surface area contributed by atoms with Gasteiger partial charge in [0, 0.05) is 18.7 Å². The van der Waals surface area contributed by atoms with E-state index in [2.05, 4.69) is 5.32 Å². The minimum absolute atomic E-state index is 0.0341. The molecular weight excluding hydrogens is 204 g/mol. The summed E-state index contributed by atoms with van der Waals surface area (Å²) in [5, 5.41) is 11.4. The van der Waals surface area contributed by atoms with Gasteiger partial charge < -0.3 is 10.1 Å². The average molecular weight is 218 g/mol. The van der Waals surface area contributed by atoms with Crippen LogP contribution in [0.5, 0.6) is 0 Å². The number of rotatable bonds is 4. The van der Waals surface area contributed by atoms with Crippen LogP contribution in [-0.4, -0.2) is 25.7 Å². The minimum atomic E-state index is -0.158. The highest BCUT2D eigenvalue weighted by molar-refractivity contribution is 5.94. The van der Waals surface area contributed by atoms with Crippen molar-refractivity contribution in [2.75, 3.05) is 13.7 Å². The Kier molecular flexibility index (Phi) is 4.49. The fourth-order valence-electron chi connectivity index (χ4n) is 1.29. The second-order valence-electron chi connectivity index (χ2n) is 3.52. The van der Waals surface area contributed by atoms with Gasteiger partial charge in [-0.3, -0.25) is 4.79 Å². The Morgan fingerprint density at radius 1 is 1.50 bits per heavy atom. The Morgan fingerprint density at radius 3 is 2.62 bits per heavy atom. The zero-order valence-electron chi connectivity index (χ0n) is 9.36. The Morgan fingerprint density at radius 2 is 2.12 bits per heavy atom. The fourth-order valence-corrected chi connectivity index (χ4v) is 1.29. The number of hydrogen-bond acceptors (Lipinski definition) is 3. The van der Waals surface area contributed by atoms with E-state index in [4.69, 9.17) is 10.00 Å². The van der Waals surface area contributed by atoms with Crippen LogP contribution in [0, 0.1) is 11.3 Å². The summed E-state index contributed by atoms with van der Waals surface area (Å²) in [7, 11) is 1.59. The van der Waals surface area contributed by atoms with Crippen molar-refractivity contribution in [2.45, 2.75) is 13.0 Å². The average Bonchev–Trinajstić information content (AvgIpc) is 2.29. The van der Waals surface area contributed by atoms with Gasteiger partial charge >= 0.3 is 0 Å². The van der Waals surface area contributed by atoms with E-state index in [1.807, 2.05) is 13.0 Å². The molecule has 16 heavy (non-hydrogen) atoms. The molecule has 1 amide bonds. The van der Waals surface area contributed by atoms with Crippen molar-refractivity contribution in [1.82, 2.24) is 5.32 Å². The molecule has 0 saturated heterocycles. The summed E-state index contributed by atoms with van der Waals surface area (Å²) in [4.78, 5) is 11.7. The highest BCUT2D eigenvalue weighted by Gasteiger charge is 2.08. The minimum Gasteiger partial charge on any atom is -0.383 e. The zero-order valence-corrected chi connectivity index (χ0v) is 9.36. The summed E-state index contributed by atoms with van der Waals surface area (Å²) in [6, 6.07) is 8.47. The number of nitrogens with one attached hydrogen (secondary N) is 1. The summed E-state index contributed by atoms with van der Waals surface area (Å²) in [5.74, 6) is -0.158. The van der Waals surface area contributed by atoms with E-state index in [-0.39, 0.29) is 11.9 Å². The van der Waals surface area contributed by atoms with E-state index >= 15 is 0 Å². The molecule has 0 heterocycles. The number of amides is 1. The number of nitrogens with zero attached hydrogens (tertiary/aromatic N) is 1. The quantitative estimate of drug-likeness (QED) is 0.829. The van der Waals surface area contributed by atoms with E-state index in [9.17, 15) is 4.79 Å². The molecule has 0 saturated carbocycles. The molecule has 1 rings (SSSR count). The molecular formula is C12H14N2O2. The molecule has 0 aromatic heterocycles. The maximum Gasteiger partial charge on any atom is 0.251 e. The standard InChI is InChI=1S/C12H14N2O2/c1-9(8-16-2)14-12(15)11-5-3-10(7-13)4-6-11/h3-6,9H,8H2,1-2H3,(H,14,15)/t9-/m0/s1. The number of hydrogen-bond donors (Lipinski definition) is 1. The molecule has 4 nitrogen and oxygen atoms in total. The number of methoxy groups -OCH3 is 1. The van der Waals surface area contributed by atoms with Crippen molar-refractivity contribution in [2.24, 2.45) is 0 Å². The maximum absolute atomic E-state index is 11.7. The van der Waals surface area contributed by atoms with Gasteiger partial charge in [0.25, 0.3) is 5.91 Å². The SMILES string of the molecule is COC[C@H](C)NC(=O)c1ccc(C#N)cc1. The molecule has 4 heteroatoms. The first-order valence-corrected chi connectivity index (χ1v) is 4.97. The first-order chi connectivity index (χ1) is 7.67. The predicted octanol–water partition coefficient (Wildman–Crippen LogP) is 1.32. The Labute approximate surface area is 94.8 Å². The highest BCUT2D eigenvalue weighted by atomic mass is 16.5. The van der Waals surface area contributed by atoms with Gasteiger partial charge in [-0.2, -0.15) is 5.26 Å². The number of benzene rings is 1. The van der Waals surface area contributed by atoms with Crippen molar-refractivity contribution >= 4 is 5.91 Å². The lowest BCUT2D eigenvalue weighted by Gasteiger charge is -2.12. The molecule has 0 bridgehead atoms. The Balaban J connectivity index is 2.63. The third kappa shape index (κ3) is 3.37. The van der Waals surface area contributed by atoms with Crippen LogP contribution >= 0.6 is 0 Å². The zero-order chi connectivity index (χ0) is 12.0. The normalized spacial score (nSPS) is 11.6. The van der Waals surface area contributed by atoms with E-state index in [0.29, 0.717) is 17.7 Å². The monoisotopic (exact) mass is 218 g/mol. The number of ether oxygens (including phenoxy) is 1. The summed E-state index contributed by atoms with van der Waals surface area (Å²) in [5.41, 5.74) is 1.09. The summed E-state index contributed by atoms with van der Waals surface area (Å²) in [6.07, 6.45) is 0. The second-order valence-corrected chi connectivity index (χ2v) is 3.52. The number of carbonyl (C=O) groups is 1. The van der Waals surface area contributed by atoms with Crippen LogP contribution in [0.15, 0.2) is 24.3 Å².